The number of rotatable bonds is 6. The third-order valence-electron chi connectivity index (χ3n) is 3.90. The highest BCUT2D eigenvalue weighted by atomic mass is 16.2. The highest BCUT2D eigenvalue weighted by Gasteiger charge is 2.13. The van der Waals surface area contributed by atoms with Crippen molar-refractivity contribution in [2.75, 3.05) is 27.7 Å². The van der Waals surface area contributed by atoms with Crippen LogP contribution in [0.5, 0.6) is 0 Å². The van der Waals surface area contributed by atoms with E-state index in [1.165, 1.54) is 11.9 Å². The van der Waals surface area contributed by atoms with E-state index in [-0.39, 0.29) is 11.9 Å². The van der Waals surface area contributed by atoms with Gasteiger partial charge in [0.1, 0.15) is 12.7 Å². The van der Waals surface area contributed by atoms with E-state index in [9.17, 15) is 4.79 Å². The number of hydrogen-bond donors (Lipinski definition) is 0. The number of carbonyl (C=O) groups is 1. The monoisotopic (exact) mass is 301 g/mol. The molecule has 2 rings (SSSR count). The Balaban J connectivity index is 1.97. The standard InChI is InChI=1S/C16H23N5O/c1-13(20(4)10-9-16(22)19(2)3)14-5-7-15(8-6-14)21-12-17-11-18-21/h5-8,11-13H,9-10H2,1-4H3/t13-/m0/s1. The summed E-state index contributed by atoms with van der Waals surface area (Å²) in [6.07, 6.45) is 3.73. The second-order valence-corrected chi connectivity index (χ2v) is 5.63. The SMILES string of the molecule is C[C@@H](c1ccc(-n2cncn2)cc1)N(C)CCC(=O)N(C)C. The number of aromatic nitrogens is 3. The minimum absolute atomic E-state index is 0.153. The molecule has 0 aliphatic heterocycles. The fraction of sp³-hybridized carbons (Fsp3) is 0.438. The zero-order chi connectivity index (χ0) is 16.1. The molecule has 1 heterocycles. The van der Waals surface area contributed by atoms with Gasteiger partial charge in [-0.1, -0.05) is 12.1 Å². The van der Waals surface area contributed by atoms with Gasteiger partial charge in [-0.15, -0.1) is 0 Å². The van der Waals surface area contributed by atoms with Gasteiger partial charge in [0.2, 0.25) is 5.91 Å². The average molecular weight is 301 g/mol. The van der Waals surface area contributed by atoms with E-state index >= 15 is 0 Å². The second kappa shape index (κ2) is 7.17. The van der Waals surface area contributed by atoms with Crippen molar-refractivity contribution in [1.82, 2.24) is 24.6 Å². The molecule has 1 atom stereocenters. The van der Waals surface area contributed by atoms with Crippen molar-refractivity contribution < 1.29 is 4.79 Å². The van der Waals surface area contributed by atoms with Gasteiger partial charge in [0, 0.05) is 33.1 Å². The number of nitrogens with zero attached hydrogens (tertiary/aromatic N) is 5. The van der Waals surface area contributed by atoms with Gasteiger partial charge in [0.05, 0.1) is 5.69 Å². The average Bonchev–Trinajstić information content (AvgIpc) is 3.06. The minimum atomic E-state index is 0.153. The van der Waals surface area contributed by atoms with Crippen LogP contribution in [0.4, 0.5) is 0 Å². The van der Waals surface area contributed by atoms with Crippen molar-refractivity contribution in [2.24, 2.45) is 0 Å². The van der Waals surface area contributed by atoms with E-state index in [2.05, 4.69) is 34.0 Å². The predicted molar refractivity (Wildman–Crippen MR) is 85.7 cm³/mol. The van der Waals surface area contributed by atoms with E-state index in [1.807, 2.05) is 19.2 Å². The zero-order valence-electron chi connectivity index (χ0n) is 13.6. The fourth-order valence-electron chi connectivity index (χ4n) is 2.19. The Morgan fingerprint density at radius 3 is 2.45 bits per heavy atom. The first-order valence-corrected chi connectivity index (χ1v) is 7.34. The van der Waals surface area contributed by atoms with Crippen LogP contribution in [-0.2, 0) is 4.79 Å². The van der Waals surface area contributed by atoms with Crippen LogP contribution < -0.4 is 0 Å². The molecule has 1 aromatic carbocycles. The van der Waals surface area contributed by atoms with Crippen LogP contribution in [0.2, 0.25) is 0 Å². The lowest BCUT2D eigenvalue weighted by Crippen LogP contribution is -2.29. The van der Waals surface area contributed by atoms with Crippen molar-refractivity contribution in [3.63, 3.8) is 0 Å². The lowest BCUT2D eigenvalue weighted by Gasteiger charge is -2.25. The molecule has 0 bridgehead atoms. The third-order valence-corrected chi connectivity index (χ3v) is 3.90. The van der Waals surface area contributed by atoms with Crippen molar-refractivity contribution in [1.29, 1.82) is 0 Å². The Morgan fingerprint density at radius 1 is 1.23 bits per heavy atom. The molecule has 0 spiro atoms. The van der Waals surface area contributed by atoms with Crippen molar-refractivity contribution in [3.8, 4) is 5.69 Å². The van der Waals surface area contributed by atoms with Crippen molar-refractivity contribution in [3.05, 3.63) is 42.5 Å². The topological polar surface area (TPSA) is 54.3 Å². The number of hydrogen-bond acceptors (Lipinski definition) is 4. The van der Waals surface area contributed by atoms with Crippen LogP contribution in [0.3, 0.4) is 0 Å². The Morgan fingerprint density at radius 2 is 1.91 bits per heavy atom. The number of carbonyl (C=O) groups excluding carboxylic acids is 1. The molecule has 0 fully saturated rings. The Kier molecular flexibility index (Phi) is 5.27. The fourth-order valence-corrected chi connectivity index (χ4v) is 2.19. The second-order valence-electron chi connectivity index (χ2n) is 5.63. The van der Waals surface area contributed by atoms with E-state index < -0.39 is 0 Å². The molecule has 0 saturated heterocycles. The summed E-state index contributed by atoms with van der Waals surface area (Å²) in [6, 6.07) is 8.48. The quantitative estimate of drug-likeness (QED) is 0.815. The lowest BCUT2D eigenvalue weighted by molar-refractivity contribution is -0.129. The molecule has 0 radical (unpaired) electrons. The molecule has 6 heteroatoms. The maximum absolute atomic E-state index is 11.7. The Bertz CT molecular complexity index is 592. The Hall–Kier alpha value is -2.21. The van der Waals surface area contributed by atoms with Crippen LogP contribution in [0.1, 0.15) is 24.9 Å². The summed E-state index contributed by atoms with van der Waals surface area (Å²) in [5.41, 5.74) is 2.20. The van der Waals surface area contributed by atoms with E-state index in [0.29, 0.717) is 6.42 Å². The van der Waals surface area contributed by atoms with Gasteiger partial charge in [0.25, 0.3) is 0 Å². The molecule has 22 heavy (non-hydrogen) atoms. The molecule has 1 aromatic heterocycles. The summed E-state index contributed by atoms with van der Waals surface area (Å²) in [5, 5.41) is 4.11. The molecule has 0 aliphatic rings. The minimum Gasteiger partial charge on any atom is -0.349 e. The zero-order valence-corrected chi connectivity index (χ0v) is 13.6. The molecule has 1 amide bonds. The summed E-state index contributed by atoms with van der Waals surface area (Å²) in [7, 11) is 5.61. The van der Waals surface area contributed by atoms with E-state index in [0.717, 1.165) is 12.2 Å². The lowest BCUT2D eigenvalue weighted by atomic mass is 10.1. The van der Waals surface area contributed by atoms with Crippen molar-refractivity contribution >= 4 is 5.91 Å². The van der Waals surface area contributed by atoms with E-state index in [1.54, 1.807) is 30.0 Å². The first-order chi connectivity index (χ1) is 10.5. The molecule has 118 valence electrons. The van der Waals surface area contributed by atoms with Gasteiger partial charge in [-0.05, 0) is 31.7 Å². The number of benzene rings is 1. The van der Waals surface area contributed by atoms with Gasteiger partial charge < -0.3 is 4.90 Å². The number of amides is 1. The van der Waals surface area contributed by atoms with E-state index in [4.69, 9.17) is 0 Å². The summed E-state index contributed by atoms with van der Waals surface area (Å²) in [5.74, 6) is 0.153. The van der Waals surface area contributed by atoms with Crippen LogP contribution in [0.15, 0.2) is 36.9 Å². The molecule has 0 saturated carbocycles. The molecular weight excluding hydrogens is 278 g/mol. The highest BCUT2D eigenvalue weighted by Crippen LogP contribution is 2.20. The van der Waals surface area contributed by atoms with Crippen LogP contribution in [-0.4, -0.2) is 58.2 Å². The van der Waals surface area contributed by atoms with Gasteiger partial charge >= 0.3 is 0 Å². The summed E-state index contributed by atoms with van der Waals surface area (Å²) in [6.45, 7) is 2.88. The summed E-state index contributed by atoms with van der Waals surface area (Å²) >= 11 is 0. The first kappa shape index (κ1) is 16.2. The molecule has 0 unspecified atom stereocenters. The highest BCUT2D eigenvalue weighted by molar-refractivity contribution is 5.75. The van der Waals surface area contributed by atoms with Gasteiger partial charge in [-0.3, -0.25) is 9.69 Å². The maximum Gasteiger partial charge on any atom is 0.223 e. The molecule has 0 N–H and O–H groups in total. The van der Waals surface area contributed by atoms with Crippen LogP contribution in [0, 0.1) is 0 Å². The summed E-state index contributed by atoms with van der Waals surface area (Å²) < 4.78 is 1.73. The van der Waals surface area contributed by atoms with Crippen LogP contribution >= 0.6 is 0 Å². The van der Waals surface area contributed by atoms with Crippen LogP contribution in [0.25, 0.3) is 5.69 Å². The normalized spacial score (nSPS) is 12.4. The first-order valence-electron chi connectivity index (χ1n) is 7.34. The Labute approximate surface area is 131 Å². The summed E-state index contributed by atoms with van der Waals surface area (Å²) in [4.78, 5) is 19.4. The van der Waals surface area contributed by atoms with Crippen molar-refractivity contribution in [2.45, 2.75) is 19.4 Å². The molecule has 6 nitrogen and oxygen atoms in total. The molecule has 0 aliphatic carbocycles. The predicted octanol–water partition coefficient (Wildman–Crippen LogP) is 1.74. The molecule has 2 aromatic rings. The van der Waals surface area contributed by atoms with Gasteiger partial charge in [-0.25, -0.2) is 9.67 Å². The molecular formula is C16H23N5O. The van der Waals surface area contributed by atoms with Gasteiger partial charge in [-0.2, -0.15) is 5.10 Å². The van der Waals surface area contributed by atoms with Gasteiger partial charge in [0.15, 0.2) is 0 Å². The maximum atomic E-state index is 11.7. The largest absolute Gasteiger partial charge is 0.349 e. The smallest absolute Gasteiger partial charge is 0.223 e. The third kappa shape index (κ3) is 3.92.